The van der Waals surface area contributed by atoms with Crippen molar-refractivity contribution in [3.8, 4) is 0 Å². The number of halogens is 1. The first-order valence-electron chi connectivity index (χ1n) is 3.38. The number of nitrogens with two attached hydrogens (primary N) is 2. The second-order valence-electron chi connectivity index (χ2n) is 2.42. The second-order valence-corrected chi connectivity index (χ2v) is 3.20. The average molecular weight is 233 g/mol. The molecule has 4 nitrogen and oxygen atoms in total. The Morgan fingerprint density at radius 1 is 1.67 bits per heavy atom. The lowest BCUT2D eigenvalue weighted by molar-refractivity contribution is -0.118. The molecule has 5 heteroatoms. The first-order chi connectivity index (χ1) is 5.59. The summed E-state index contributed by atoms with van der Waals surface area (Å²) in [5.74, 6) is 0.121. The summed E-state index contributed by atoms with van der Waals surface area (Å²) >= 11 is 3.13. The van der Waals surface area contributed by atoms with Gasteiger partial charge in [-0.15, -0.1) is 0 Å². The summed E-state index contributed by atoms with van der Waals surface area (Å²) in [4.78, 5) is 10.5. The van der Waals surface area contributed by atoms with Crippen molar-refractivity contribution in [2.45, 2.75) is 12.5 Å². The van der Waals surface area contributed by atoms with E-state index in [1.54, 1.807) is 12.1 Å². The highest BCUT2D eigenvalue weighted by atomic mass is 79.9. The Balaban J connectivity index is 2.64. The normalized spacial score (nSPS) is 12.8. The lowest BCUT2D eigenvalue weighted by Crippen LogP contribution is -2.20. The van der Waals surface area contributed by atoms with Crippen LogP contribution in [0.15, 0.2) is 21.2 Å². The van der Waals surface area contributed by atoms with Gasteiger partial charge in [0.2, 0.25) is 5.91 Å². The highest BCUT2D eigenvalue weighted by Crippen LogP contribution is 2.20. The van der Waals surface area contributed by atoms with Crippen LogP contribution in [0.1, 0.15) is 18.2 Å². The fourth-order valence-corrected chi connectivity index (χ4v) is 1.16. The molecule has 0 spiro atoms. The fraction of sp³-hybridized carbons (Fsp3) is 0.286. The molecule has 66 valence electrons. The molecule has 0 aliphatic carbocycles. The van der Waals surface area contributed by atoms with Crippen molar-refractivity contribution in [1.82, 2.24) is 0 Å². The first-order valence-corrected chi connectivity index (χ1v) is 4.18. The Bertz CT molecular complexity index is 285. The zero-order chi connectivity index (χ0) is 9.14. The molecule has 1 aromatic heterocycles. The van der Waals surface area contributed by atoms with E-state index in [0.29, 0.717) is 10.4 Å². The molecule has 12 heavy (non-hydrogen) atoms. The summed E-state index contributed by atoms with van der Waals surface area (Å²) in [7, 11) is 0. The lowest BCUT2D eigenvalue weighted by Gasteiger charge is -2.04. The minimum atomic E-state index is -0.450. The minimum absolute atomic E-state index is 0.0972. The molecule has 0 radical (unpaired) electrons. The van der Waals surface area contributed by atoms with Gasteiger partial charge in [0.05, 0.1) is 6.04 Å². The molecule has 1 rings (SSSR count). The van der Waals surface area contributed by atoms with E-state index in [1.807, 2.05) is 0 Å². The Morgan fingerprint density at radius 3 is 2.75 bits per heavy atom. The van der Waals surface area contributed by atoms with E-state index in [0.717, 1.165) is 0 Å². The molecule has 0 aliphatic rings. The van der Waals surface area contributed by atoms with Crippen LogP contribution in [-0.4, -0.2) is 5.91 Å². The van der Waals surface area contributed by atoms with Gasteiger partial charge in [0.15, 0.2) is 4.67 Å². The largest absolute Gasteiger partial charge is 0.453 e. The molecule has 4 N–H and O–H groups in total. The maximum absolute atomic E-state index is 10.5. The monoisotopic (exact) mass is 232 g/mol. The van der Waals surface area contributed by atoms with E-state index in [-0.39, 0.29) is 6.42 Å². The zero-order valence-corrected chi connectivity index (χ0v) is 7.87. The van der Waals surface area contributed by atoms with E-state index < -0.39 is 11.9 Å². The molecular formula is C7H9BrN2O2. The molecule has 1 unspecified atom stereocenters. The van der Waals surface area contributed by atoms with Gasteiger partial charge in [-0.3, -0.25) is 4.79 Å². The van der Waals surface area contributed by atoms with Crippen LogP contribution in [0.2, 0.25) is 0 Å². The van der Waals surface area contributed by atoms with Crippen molar-refractivity contribution in [3.05, 3.63) is 22.6 Å². The number of primary amides is 1. The molecule has 0 aromatic carbocycles. The SMILES string of the molecule is NC(=O)CC(N)c1ccc(Br)o1. The fourth-order valence-electron chi connectivity index (χ4n) is 0.845. The standard InChI is InChI=1S/C7H9BrN2O2/c8-6-2-1-5(12-6)4(9)3-7(10)11/h1-2,4H,3,9H2,(H2,10,11). The van der Waals surface area contributed by atoms with Crippen LogP contribution in [0.3, 0.4) is 0 Å². The Kier molecular flexibility index (Phi) is 2.88. The number of hydrogen-bond acceptors (Lipinski definition) is 3. The molecule has 0 saturated heterocycles. The molecular weight excluding hydrogens is 224 g/mol. The van der Waals surface area contributed by atoms with Crippen molar-refractivity contribution in [3.63, 3.8) is 0 Å². The average Bonchev–Trinajstić information content (AvgIpc) is 2.34. The molecule has 1 heterocycles. The van der Waals surface area contributed by atoms with Crippen LogP contribution >= 0.6 is 15.9 Å². The smallest absolute Gasteiger partial charge is 0.219 e. The van der Waals surface area contributed by atoms with Crippen molar-refractivity contribution >= 4 is 21.8 Å². The number of hydrogen-bond donors (Lipinski definition) is 2. The lowest BCUT2D eigenvalue weighted by atomic mass is 10.2. The van der Waals surface area contributed by atoms with Gasteiger partial charge in [-0.05, 0) is 28.1 Å². The summed E-state index contributed by atoms with van der Waals surface area (Å²) in [5, 5.41) is 0. The Morgan fingerprint density at radius 2 is 2.33 bits per heavy atom. The van der Waals surface area contributed by atoms with Crippen molar-refractivity contribution < 1.29 is 9.21 Å². The third-order valence-electron chi connectivity index (χ3n) is 1.38. The van der Waals surface area contributed by atoms with Crippen LogP contribution < -0.4 is 11.5 Å². The summed E-state index contributed by atoms with van der Waals surface area (Å²) < 4.78 is 5.72. The van der Waals surface area contributed by atoms with Gasteiger partial charge in [-0.2, -0.15) is 0 Å². The third-order valence-corrected chi connectivity index (χ3v) is 1.81. The Labute approximate surface area is 78.0 Å². The molecule has 0 saturated carbocycles. The molecule has 1 amide bonds. The van der Waals surface area contributed by atoms with Crippen molar-refractivity contribution in [2.75, 3.05) is 0 Å². The van der Waals surface area contributed by atoms with Gasteiger partial charge in [0, 0.05) is 6.42 Å². The maximum Gasteiger partial charge on any atom is 0.219 e. The topological polar surface area (TPSA) is 82.2 Å². The second kappa shape index (κ2) is 3.73. The van der Waals surface area contributed by atoms with Crippen molar-refractivity contribution in [2.24, 2.45) is 11.5 Å². The Hall–Kier alpha value is -0.810. The number of rotatable bonds is 3. The van der Waals surface area contributed by atoms with Crippen LogP contribution in [0.25, 0.3) is 0 Å². The van der Waals surface area contributed by atoms with Gasteiger partial charge in [-0.25, -0.2) is 0 Å². The van der Waals surface area contributed by atoms with Gasteiger partial charge < -0.3 is 15.9 Å². The zero-order valence-electron chi connectivity index (χ0n) is 6.29. The number of amides is 1. The number of furan rings is 1. The molecule has 0 fully saturated rings. The van der Waals surface area contributed by atoms with Crippen LogP contribution in [0.5, 0.6) is 0 Å². The maximum atomic E-state index is 10.5. The first kappa shape index (κ1) is 9.28. The minimum Gasteiger partial charge on any atom is -0.453 e. The van der Waals surface area contributed by atoms with Gasteiger partial charge >= 0.3 is 0 Å². The van der Waals surface area contributed by atoms with E-state index >= 15 is 0 Å². The van der Waals surface area contributed by atoms with Crippen LogP contribution in [0, 0.1) is 0 Å². The predicted octanol–water partition coefficient (Wildman–Crippen LogP) is 0.917. The molecule has 1 aromatic rings. The summed E-state index contributed by atoms with van der Waals surface area (Å²) in [6, 6.07) is 2.97. The summed E-state index contributed by atoms with van der Waals surface area (Å²) in [5.41, 5.74) is 10.6. The highest BCUT2D eigenvalue weighted by Gasteiger charge is 2.12. The van der Waals surface area contributed by atoms with E-state index in [9.17, 15) is 4.79 Å². The third kappa shape index (κ3) is 2.35. The number of carbonyl (C=O) groups is 1. The summed E-state index contributed by atoms with van der Waals surface area (Å²) in [6.45, 7) is 0. The van der Waals surface area contributed by atoms with Gasteiger partial charge in [-0.1, -0.05) is 0 Å². The van der Waals surface area contributed by atoms with Crippen molar-refractivity contribution in [1.29, 1.82) is 0 Å². The molecule has 1 atom stereocenters. The number of carbonyl (C=O) groups excluding carboxylic acids is 1. The van der Waals surface area contributed by atoms with E-state index in [1.165, 1.54) is 0 Å². The predicted molar refractivity (Wildman–Crippen MR) is 47.1 cm³/mol. The highest BCUT2D eigenvalue weighted by molar-refractivity contribution is 9.10. The van der Waals surface area contributed by atoms with Crippen LogP contribution in [-0.2, 0) is 4.79 Å². The van der Waals surface area contributed by atoms with E-state index in [2.05, 4.69) is 15.9 Å². The quantitative estimate of drug-likeness (QED) is 0.814. The molecule has 0 aliphatic heterocycles. The van der Waals surface area contributed by atoms with Crippen LogP contribution in [0.4, 0.5) is 0 Å². The van der Waals surface area contributed by atoms with Gasteiger partial charge in [0.25, 0.3) is 0 Å². The van der Waals surface area contributed by atoms with E-state index in [4.69, 9.17) is 15.9 Å². The molecule has 0 bridgehead atoms. The summed E-state index contributed by atoms with van der Waals surface area (Å²) in [6.07, 6.45) is 0.0972. The van der Waals surface area contributed by atoms with Gasteiger partial charge in [0.1, 0.15) is 5.76 Å².